The van der Waals surface area contributed by atoms with Crippen LogP contribution in [-0.2, 0) is 4.79 Å². The Kier molecular flexibility index (Phi) is 2.99. The number of hydrogen-bond acceptors (Lipinski definition) is 4. The molecular formula is C8H9ClN2O4. The molecule has 0 aliphatic carbocycles. The van der Waals surface area contributed by atoms with Gasteiger partial charge in [0, 0.05) is 6.07 Å². The Morgan fingerprint density at radius 3 is 2.60 bits per heavy atom. The maximum absolute atomic E-state index is 11.4. The van der Waals surface area contributed by atoms with Crippen LogP contribution in [0.3, 0.4) is 0 Å². The van der Waals surface area contributed by atoms with E-state index in [4.69, 9.17) is 16.7 Å². The van der Waals surface area contributed by atoms with E-state index in [1.165, 1.54) is 19.9 Å². The molecule has 0 unspecified atom stereocenters. The first kappa shape index (κ1) is 11.5. The number of aromatic nitrogens is 1. The molecule has 0 atom stereocenters. The van der Waals surface area contributed by atoms with Gasteiger partial charge in [-0.1, -0.05) is 16.8 Å². The third kappa shape index (κ3) is 2.69. The van der Waals surface area contributed by atoms with Crippen molar-refractivity contribution >= 4 is 23.5 Å². The molecule has 6 nitrogen and oxygen atoms in total. The van der Waals surface area contributed by atoms with Crippen LogP contribution in [-0.4, -0.2) is 27.7 Å². The van der Waals surface area contributed by atoms with Crippen molar-refractivity contribution in [1.82, 2.24) is 10.5 Å². The number of aliphatic carboxylic acids is 1. The van der Waals surface area contributed by atoms with Crippen LogP contribution < -0.4 is 5.32 Å². The molecular weight excluding hydrogens is 224 g/mol. The monoisotopic (exact) mass is 232 g/mol. The Bertz CT molecular complexity index is 399. The molecule has 0 spiro atoms. The van der Waals surface area contributed by atoms with E-state index in [1.807, 2.05) is 0 Å². The summed E-state index contributed by atoms with van der Waals surface area (Å²) in [6.07, 6.45) is 0. The zero-order valence-electron chi connectivity index (χ0n) is 8.07. The Balaban J connectivity index is 2.76. The van der Waals surface area contributed by atoms with Gasteiger partial charge in [-0.2, -0.15) is 0 Å². The van der Waals surface area contributed by atoms with Crippen LogP contribution in [0.25, 0.3) is 0 Å². The van der Waals surface area contributed by atoms with E-state index in [0.29, 0.717) is 0 Å². The summed E-state index contributed by atoms with van der Waals surface area (Å²) >= 11 is 5.44. The molecule has 0 saturated carbocycles. The van der Waals surface area contributed by atoms with E-state index in [2.05, 4.69) is 15.0 Å². The maximum atomic E-state index is 11.4. The number of nitrogens with one attached hydrogen (secondary N) is 1. The molecule has 2 N–H and O–H groups in total. The van der Waals surface area contributed by atoms with Crippen LogP contribution in [0.2, 0.25) is 5.15 Å². The fraction of sp³-hybridized carbons (Fsp3) is 0.375. The van der Waals surface area contributed by atoms with E-state index in [1.54, 1.807) is 0 Å². The lowest BCUT2D eigenvalue weighted by molar-refractivity contribution is -0.143. The highest BCUT2D eigenvalue weighted by molar-refractivity contribution is 6.29. The molecule has 0 aliphatic rings. The van der Waals surface area contributed by atoms with Crippen molar-refractivity contribution in [3.05, 3.63) is 17.0 Å². The van der Waals surface area contributed by atoms with Gasteiger partial charge in [0.1, 0.15) is 5.54 Å². The smallest absolute Gasteiger partial charge is 0.328 e. The van der Waals surface area contributed by atoms with E-state index in [0.717, 1.165) is 0 Å². The van der Waals surface area contributed by atoms with Gasteiger partial charge in [-0.25, -0.2) is 4.79 Å². The first-order valence-electron chi connectivity index (χ1n) is 4.01. The fourth-order valence-corrected chi connectivity index (χ4v) is 0.893. The zero-order valence-corrected chi connectivity index (χ0v) is 8.83. The van der Waals surface area contributed by atoms with Crippen molar-refractivity contribution in [2.24, 2.45) is 0 Å². The zero-order chi connectivity index (χ0) is 11.6. The Hall–Kier alpha value is -1.56. The molecule has 1 amide bonds. The molecule has 1 aromatic heterocycles. The number of rotatable bonds is 3. The van der Waals surface area contributed by atoms with Crippen molar-refractivity contribution < 1.29 is 19.2 Å². The lowest BCUT2D eigenvalue weighted by Gasteiger charge is -2.19. The van der Waals surface area contributed by atoms with Gasteiger partial charge in [-0.05, 0) is 13.8 Å². The normalized spacial score (nSPS) is 11.1. The van der Waals surface area contributed by atoms with E-state index in [-0.39, 0.29) is 10.9 Å². The highest BCUT2D eigenvalue weighted by atomic mass is 35.5. The highest BCUT2D eigenvalue weighted by Crippen LogP contribution is 2.10. The second kappa shape index (κ2) is 3.90. The first-order chi connectivity index (χ1) is 6.83. The third-order valence-electron chi connectivity index (χ3n) is 1.67. The van der Waals surface area contributed by atoms with Gasteiger partial charge in [-0.15, -0.1) is 0 Å². The van der Waals surface area contributed by atoms with Crippen molar-refractivity contribution in [1.29, 1.82) is 0 Å². The molecule has 1 heterocycles. The summed E-state index contributed by atoms with van der Waals surface area (Å²) in [6, 6.07) is 1.20. The van der Waals surface area contributed by atoms with Crippen molar-refractivity contribution in [3.8, 4) is 0 Å². The molecule has 0 aromatic carbocycles. The summed E-state index contributed by atoms with van der Waals surface area (Å²) in [7, 11) is 0. The number of carboxylic acids is 1. The predicted molar refractivity (Wildman–Crippen MR) is 50.7 cm³/mol. The van der Waals surface area contributed by atoms with Crippen molar-refractivity contribution in [2.75, 3.05) is 0 Å². The lowest BCUT2D eigenvalue weighted by Crippen LogP contribution is -2.49. The molecule has 0 saturated heterocycles. The molecule has 1 aromatic rings. The predicted octanol–water partition coefficient (Wildman–Crippen LogP) is 0.921. The highest BCUT2D eigenvalue weighted by Gasteiger charge is 2.30. The van der Waals surface area contributed by atoms with Gasteiger partial charge in [0.15, 0.2) is 5.15 Å². The summed E-state index contributed by atoms with van der Waals surface area (Å²) < 4.78 is 4.56. The molecule has 0 radical (unpaired) electrons. The molecule has 0 aliphatic heterocycles. The van der Waals surface area contributed by atoms with Crippen LogP contribution in [0.5, 0.6) is 0 Å². The summed E-state index contributed by atoms with van der Waals surface area (Å²) in [5.41, 5.74) is -1.38. The van der Waals surface area contributed by atoms with Crippen LogP contribution in [0.4, 0.5) is 0 Å². The first-order valence-corrected chi connectivity index (χ1v) is 4.39. The largest absolute Gasteiger partial charge is 0.480 e. The van der Waals surface area contributed by atoms with Gasteiger partial charge in [-0.3, -0.25) is 4.79 Å². The number of carbonyl (C=O) groups excluding carboxylic acids is 1. The Morgan fingerprint density at radius 1 is 1.60 bits per heavy atom. The van der Waals surface area contributed by atoms with Crippen LogP contribution in [0.15, 0.2) is 10.6 Å². The summed E-state index contributed by atoms with van der Waals surface area (Å²) in [5.74, 6) is -1.96. The average Bonchev–Trinajstić information content (AvgIpc) is 2.50. The van der Waals surface area contributed by atoms with E-state index >= 15 is 0 Å². The van der Waals surface area contributed by atoms with Crippen LogP contribution >= 0.6 is 11.6 Å². The SMILES string of the molecule is CC(C)(NC(=O)c1cc(Cl)no1)C(=O)O. The second-order valence-corrected chi connectivity index (χ2v) is 3.79. The third-order valence-corrected chi connectivity index (χ3v) is 1.84. The van der Waals surface area contributed by atoms with Crippen LogP contribution in [0.1, 0.15) is 24.4 Å². The number of hydrogen-bond donors (Lipinski definition) is 2. The van der Waals surface area contributed by atoms with E-state index < -0.39 is 17.4 Å². The lowest BCUT2D eigenvalue weighted by atomic mass is 10.1. The fourth-order valence-electron chi connectivity index (χ4n) is 0.760. The molecule has 15 heavy (non-hydrogen) atoms. The van der Waals surface area contributed by atoms with Crippen LogP contribution in [0, 0.1) is 0 Å². The molecule has 7 heteroatoms. The standard InChI is InChI=1S/C8H9ClN2O4/c1-8(2,7(13)14)10-6(12)4-3-5(9)11-15-4/h3H,1-2H3,(H,10,12)(H,13,14). The number of carboxylic acid groups (broad SMARTS) is 1. The minimum absolute atomic E-state index is 0.0354. The maximum Gasteiger partial charge on any atom is 0.328 e. The quantitative estimate of drug-likeness (QED) is 0.809. The number of nitrogens with zero attached hydrogens (tertiary/aromatic N) is 1. The second-order valence-electron chi connectivity index (χ2n) is 3.40. The molecule has 0 bridgehead atoms. The van der Waals surface area contributed by atoms with Gasteiger partial charge in [0.25, 0.3) is 5.91 Å². The minimum Gasteiger partial charge on any atom is -0.480 e. The molecule has 0 fully saturated rings. The van der Waals surface area contributed by atoms with Crippen molar-refractivity contribution in [2.45, 2.75) is 19.4 Å². The van der Waals surface area contributed by atoms with E-state index in [9.17, 15) is 9.59 Å². The van der Waals surface area contributed by atoms with Gasteiger partial charge in [0.05, 0.1) is 0 Å². The molecule has 82 valence electrons. The minimum atomic E-state index is -1.38. The summed E-state index contributed by atoms with van der Waals surface area (Å²) in [5, 5.41) is 14.3. The number of amides is 1. The average molecular weight is 233 g/mol. The topological polar surface area (TPSA) is 92.4 Å². The number of halogens is 1. The van der Waals surface area contributed by atoms with Gasteiger partial charge >= 0.3 is 5.97 Å². The molecule has 1 rings (SSSR count). The van der Waals surface area contributed by atoms with Gasteiger partial charge < -0.3 is 14.9 Å². The Labute approximate surface area is 90.2 Å². The van der Waals surface area contributed by atoms with Crippen molar-refractivity contribution in [3.63, 3.8) is 0 Å². The number of carbonyl (C=O) groups is 2. The van der Waals surface area contributed by atoms with Gasteiger partial charge in [0.2, 0.25) is 5.76 Å². The Morgan fingerprint density at radius 2 is 2.20 bits per heavy atom. The summed E-state index contributed by atoms with van der Waals surface area (Å²) in [4.78, 5) is 22.1. The summed E-state index contributed by atoms with van der Waals surface area (Å²) in [6.45, 7) is 2.70.